The molecule has 0 radical (unpaired) electrons. The highest BCUT2D eigenvalue weighted by molar-refractivity contribution is 5.93. The molecule has 3 nitrogen and oxygen atoms in total. The van der Waals surface area contributed by atoms with Crippen molar-refractivity contribution in [3.8, 4) is 11.1 Å². The Labute approximate surface area is 123 Å². The third kappa shape index (κ3) is 2.16. The predicted octanol–water partition coefficient (Wildman–Crippen LogP) is 4.32. The van der Waals surface area contributed by atoms with Crippen molar-refractivity contribution in [2.75, 3.05) is 6.61 Å². The van der Waals surface area contributed by atoms with Crippen LogP contribution in [0.5, 0.6) is 0 Å². The van der Waals surface area contributed by atoms with E-state index in [1.807, 2.05) is 12.1 Å². The minimum Gasteiger partial charge on any atom is -0.366 e. The van der Waals surface area contributed by atoms with E-state index < -0.39 is 11.7 Å². The molecule has 0 aliphatic carbocycles. The molecule has 3 heterocycles. The molecular weight excluding hydrogens is 293 g/mol. The van der Waals surface area contributed by atoms with Crippen LogP contribution in [0.2, 0.25) is 0 Å². The SMILES string of the molecule is FC(F)(F)c1ccccc1-c1c[nH]c2ccc(C3CO3)nc12. The zero-order chi connectivity index (χ0) is 15.3. The van der Waals surface area contributed by atoms with Crippen LogP contribution in [-0.4, -0.2) is 16.6 Å². The molecule has 1 atom stereocenters. The number of aromatic nitrogens is 2. The van der Waals surface area contributed by atoms with Crippen LogP contribution in [0.4, 0.5) is 13.2 Å². The van der Waals surface area contributed by atoms with E-state index in [9.17, 15) is 13.2 Å². The lowest BCUT2D eigenvalue weighted by atomic mass is 10.0. The van der Waals surface area contributed by atoms with Crippen molar-refractivity contribution in [1.82, 2.24) is 9.97 Å². The van der Waals surface area contributed by atoms with Crippen molar-refractivity contribution in [1.29, 1.82) is 0 Å². The molecule has 0 amide bonds. The molecule has 4 rings (SSSR count). The lowest BCUT2D eigenvalue weighted by Gasteiger charge is -2.11. The molecule has 0 bridgehead atoms. The highest BCUT2D eigenvalue weighted by atomic mass is 19.4. The third-order valence-corrected chi connectivity index (χ3v) is 3.73. The van der Waals surface area contributed by atoms with Crippen LogP contribution >= 0.6 is 0 Å². The summed E-state index contributed by atoms with van der Waals surface area (Å²) >= 11 is 0. The van der Waals surface area contributed by atoms with E-state index in [-0.39, 0.29) is 11.7 Å². The fourth-order valence-corrected chi connectivity index (χ4v) is 2.58. The van der Waals surface area contributed by atoms with Crippen molar-refractivity contribution in [3.63, 3.8) is 0 Å². The van der Waals surface area contributed by atoms with Gasteiger partial charge in [-0.05, 0) is 23.8 Å². The Balaban J connectivity index is 1.93. The number of H-pyrrole nitrogens is 1. The number of epoxide rings is 1. The summed E-state index contributed by atoms with van der Waals surface area (Å²) in [6, 6.07) is 9.18. The molecule has 0 spiro atoms. The predicted molar refractivity (Wildman–Crippen MR) is 75.2 cm³/mol. The van der Waals surface area contributed by atoms with Gasteiger partial charge in [-0.2, -0.15) is 13.2 Å². The topological polar surface area (TPSA) is 41.2 Å². The second kappa shape index (κ2) is 4.58. The van der Waals surface area contributed by atoms with Crippen LogP contribution in [-0.2, 0) is 10.9 Å². The number of aromatic amines is 1. The molecule has 112 valence electrons. The molecule has 2 aromatic heterocycles. The van der Waals surface area contributed by atoms with Gasteiger partial charge in [-0.1, -0.05) is 18.2 Å². The third-order valence-electron chi connectivity index (χ3n) is 3.73. The molecule has 1 saturated heterocycles. The first kappa shape index (κ1) is 13.3. The van der Waals surface area contributed by atoms with E-state index >= 15 is 0 Å². The minimum atomic E-state index is -4.41. The van der Waals surface area contributed by atoms with Crippen LogP contribution < -0.4 is 0 Å². The van der Waals surface area contributed by atoms with Gasteiger partial charge in [0.2, 0.25) is 0 Å². The molecule has 1 N–H and O–H groups in total. The van der Waals surface area contributed by atoms with Crippen molar-refractivity contribution < 1.29 is 17.9 Å². The van der Waals surface area contributed by atoms with Gasteiger partial charge in [0.25, 0.3) is 0 Å². The Morgan fingerprint density at radius 2 is 1.86 bits per heavy atom. The van der Waals surface area contributed by atoms with E-state index in [0.29, 0.717) is 23.2 Å². The number of nitrogens with one attached hydrogen (secondary N) is 1. The number of fused-ring (bicyclic) bond motifs is 1. The Bertz CT molecular complexity index is 850. The Morgan fingerprint density at radius 1 is 1.09 bits per heavy atom. The smallest absolute Gasteiger partial charge is 0.366 e. The summed E-state index contributed by atoms with van der Waals surface area (Å²) in [6.07, 6.45) is -2.87. The van der Waals surface area contributed by atoms with E-state index in [2.05, 4.69) is 9.97 Å². The molecular formula is C16H11F3N2O. The van der Waals surface area contributed by atoms with E-state index in [4.69, 9.17) is 4.74 Å². The van der Waals surface area contributed by atoms with Gasteiger partial charge in [0.15, 0.2) is 0 Å². The van der Waals surface area contributed by atoms with Crippen molar-refractivity contribution in [2.24, 2.45) is 0 Å². The Morgan fingerprint density at radius 3 is 2.59 bits per heavy atom. The van der Waals surface area contributed by atoms with Gasteiger partial charge in [0.1, 0.15) is 6.10 Å². The second-order valence-electron chi connectivity index (χ2n) is 5.20. The number of hydrogen-bond acceptors (Lipinski definition) is 2. The van der Waals surface area contributed by atoms with Gasteiger partial charge < -0.3 is 9.72 Å². The number of benzene rings is 1. The van der Waals surface area contributed by atoms with Crippen LogP contribution in [0, 0.1) is 0 Å². The molecule has 1 aromatic carbocycles. The summed E-state index contributed by atoms with van der Waals surface area (Å²) in [5, 5.41) is 0. The summed E-state index contributed by atoms with van der Waals surface area (Å²) in [5.74, 6) is 0. The number of rotatable bonds is 2. The van der Waals surface area contributed by atoms with E-state index in [1.54, 1.807) is 12.3 Å². The zero-order valence-corrected chi connectivity index (χ0v) is 11.3. The van der Waals surface area contributed by atoms with Crippen molar-refractivity contribution in [2.45, 2.75) is 12.3 Å². The van der Waals surface area contributed by atoms with Crippen molar-refractivity contribution in [3.05, 3.63) is 53.9 Å². The summed E-state index contributed by atoms with van der Waals surface area (Å²) in [5.41, 5.74) is 1.90. The van der Waals surface area contributed by atoms with Crippen LogP contribution in [0.15, 0.2) is 42.6 Å². The zero-order valence-electron chi connectivity index (χ0n) is 11.3. The highest BCUT2D eigenvalue weighted by Gasteiger charge is 2.34. The fourth-order valence-electron chi connectivity index (χ4n) is 2.58. The average molecular weight is 304 g/mol. The van der Waals surface area contributed by atoms with E-state index in [1.165, 1.54) is 12.1 Å². The Kier molecular flexibility index (Phi) is 2.77. The van der Waals surface area contributed by atoms with E-state index in [0.717, 1.165) is 11.8 Å². The lowest BCUT2D eigenvalue weighted by Crippen LogP contribution is -2.06. The van der Waals surface area contributed by atoms with Gasteiger partial charge in [-0.25, -0.2) is 4.98 Å². The first-order valence-electron chi connectivity index (χ1n) is 6.80. The summed E-state index contributed by atoms with van der Waals surface area (Å²) < 4.78 is 44.8. The molecule has 1 aliphatic heterocycles. The molecule has 1 unspecified atom stereocenters. The average Bonchev–Trinajstić information content (AvgIpc) is 3.26. The van der Waals surface area contributed by atoms with Gasteiger partial charge in [-0.15, -0.1) is 0 Å². The number of ether oxygens (including phenoxy) is 1. The molecule has 1 fully saturated rings. The maximum atomic E-state index is 13.2. The lowest BCUT2D eigenvalue weighted by molar-refractivity contribution is -0.137. The van der Waals surface area contributed by atoms with Crippen LogP contribution in [0.1, 0.15) is 17.4 Å². The highest BCUT2D eigenvalue weighted by Crippen LogP contribution is 2.39. The number of alkyl halides is 3. The van der Waals surface area contributed by atoms with Crippen molar-refractivity contribution >= 4 is 11.0 Å². The minimum absolute atomic E-state index is 0.0370. The standard InChI is InChI=1S/C16H11F3N2O/c17-16(18,19)11-4-2-1-3-9(11)10-7-20-13-6-5-12(14-8-22-14)21-15(10)13/h1-7,14,20H,8H2. The first-order valence-corrected chi connectivity index (χ1v) is 6.80. The molecule has 0 saturated carbocycles. The maximum Gasteiger partial charge on any atom is 0.417 e. The van der Waals surface area contributed by atoms with Gasteiger partial charge >= 0.3 is 6.18 Å². The first-order chi connectivity index (χ1) is 10.5. The number of hydrogen-bond donors (Lipinski definition) is 1. The number of nitrogens with zero attached hydrogens (tertiary/aromatic N) is 1. The molecule has 6 heteroatoms. The number of halogens is 3. The molecule has 1 aliphatic rings. The summed E-state index contributed by atoms with van der Waals surface area (Å²) in [6.45, 7) is 0.609. The quantitative estimate of drug-likeness (QED) is 0.716. The summed E-state index contributed by atoms with van der Waals surface area (Å²) in [4.78, 5) is 7.45. The number of pyridine rings is 1. The molecule has 3 aromatic rings. The molecule has 22 heavy (non-hydrogen) atoms. The fraction of sp³-hybridized carbons (Fsp3) is 0.188. The largest absolute Gasteiger partial charge is 0.417 e. The normalized spacial score (nSPS) is 17.9. The maximum absolute atomic E-state index is 13.2. The van der Waals surface area contributed by atoms with Gasteiger partial charge in [0.05, 0.1) is 28.9 Å². The van der Waals surface area contributed by atoms with Gasteiger partial charge in [0, 0.05) is 11.8 Å². The van der Waals surface area contributed by atoms with Crippen LogP contribution in [0.3, 0.4) is 0 Å². The monoisotopic (exact) mass is 304 g/mol. The second-order valence-corrected chi connectivity index (χ2v) is 5.20. The Hall–Kier alpha value is -2.34. The van der Waals surface area contributed by atoms with Gasteiger partial charge in [-0.3, -0.25) is 0 Å². The summed E-state index contributed by atoms with van der Waals surface area (Å²) in [7, 11) is 0. The van der Waals surface area contributed by atoms with Crippen LogP contribution in [0.25, 0.3) is 22.2 Å².